The quantitative estimate of drug-likeness (QED) is 0.864. The van der Waals surface area contributed by atoms with Crippen molar-refractivity contribution in [1.29, 1.82) is 0 Å². The molecule has 0 spiro atoms. The van der Waals surface area contributed by atoms with E-state index in [1.165, 1.54) is 49.0 Å². The molecule has 94 valence electrons. The highest BCUT2D eigenvalue weighted by Gasteiger charge is 2.17. The van der Waals surface area contributed by atoms with E-state index < -0.39 is 0 Å². The summed E-state index contributed by atoms with van der Waals surface area (Å²) in [6.07, 6.45) is 5.65. The Hall–Kier alpha value is -1.02. The Labute approximate surface area is 105 Å². The first-order valence-electron chi connectivity index (χ1n) is 6.71. The molecule has 0 bridgehead atoms. The largest absolute Gasteiger partial charge is 0.374 e. The SMILES string of the molecule is Cc1cc(N(C)CC2CCCC2)ccc1CN. The zero-order valence-electron chi connectivity index (χ0n) is 11.1. The van der Waals surface area contributed by atoms with Crippen molar-refractivity contribution in [3.8, 4) is 0 Å². The molecule has 0 saturated heterocycles. The minimum absolute atomic E-state index is 0.637. The van der Waals surface area contributed by atoms with Gasteiger partial charge in [-0.1, -0.05) is 18.9 Å². The molecule has 2 rings (SSSR count). The average Bonchev–Trinajstić information content (AvgIpc) is 2.81. The predicted molar refractivity (Wildman–Crippen MR) is 74.3 cm³/mol. The summed E-state index contributed by atoms with van der Waals surface area (Å²) in [5, 5.41) is 0. The number of hydrogen-bond donors (Lipinski definition) is 1. The summed E-state index contributed by atoms with van der Waals surface area (Å²) in [5.41, 5.74) is 9.58. The van der Waals surface area contributed by atoms with Crippen LogP contribution in [0.25, 0.3) is 0 Å². The number of anilines is 1. The molecule has 2 N–H and O–H groups in total. The highest BCUT2D eigenvalue weighted by molar-refractivity contribution is 5.50. The van der Waals surface area contributed by atoms with Crippen LogP contribution in [0, 0.1) is 12.8 Å². The van der Waals surface area contributed by atoms with Crippen LogP contribution in [0.5, 0.6) is 0 Å². The Morgan fingerprint density at radius 1 is 1.29 bits per heavy atom. The number of hydrogen-bond acceptors (Lipinski definition) is 2. The summed E-state index contributed by atoms with van der Waals surface area (Å²) in [4.78, 5) is 2.39. The second-order valence-electron chi connectivity index (χ2n) is 5.35. The van der Waals surface area contributed by atoms with E-state index in [1.807, 2.05) is 0 Å². The molecule has 0 amide bonds. The average molecular weight is 232 g/mol. The molecule has 1 aliphatic rings. The van der Waals surface area contributed by atoms with Crippen molar-refractivity contribution in [3.63, 3.8) is 0 Å². The summed E-state index contributed by atoms with van der Waals surface area (Å²) in [5.74, 6) is 0.898. The lowest BCUT2D eigenvalue weighted by Gasteiger charge is -2.24. The molecular formula is C15H24N2. The maximum atomic E-state index is 5.70. The number of rotatable bonds is 4. The normalized spacial score (nSPS) is 16.4. The van der Waals surface area contributed by atoms with Crippen molar-refractivity contribution in [2.75, 3.05) is 18.5 Å². The smallest absolute Gasteiger partial charge is 0.0366 e. The molecule has 0 aliphatic heterocycles. The predicted octanol–water partition coefficient (Wildman–Crippen LogP) is 3.08. The fourth-order valence-corrected chi connectivity index (χ4v) is 2.83. The maximum absolute atomic E-state index is 5.70. The van der Waals surface area contributed by atoms with Crippen LogP contribution in [0.3, 0.4) is 0 Å². The molecule has 0 heterocycles. The molecular weight excluding hydrogens is 208 g/mol. The molecule has 1 fully saturated rings. The minimum atomic E-state index is 0.637. The topological polar surface area (TPSA) is 29.3 Å². The Bertz CT molecular complexity index is 367. The molecule has 1 aromatic carbocycles. The lowest BCUT2D eigenvalue weighted by Crippen LogP contribution is -2.24. The van der Waals surface area contributed by atoms with E-state index in [0.29, 0.717) is 6.54 Å². The van der Waals surface area contributed by atoms with Crippen molar-refractivity contribution < 1.29 is 0 Å². The zero-order valence-corrected chi connectivity index (χ0v) is 11.1. The fraction of sp³-hybridized carbons (Fsp3) is 0.600. The summed E-state index contributed by atoms with van der Waals surface area (Å²) in [6, 6.07) is 6.62. The van der Waals surface area contributed by atoms with E-state index in [1.54, 1.807) is 0 Å². The van der Waals surface area contributed by atoms with E-state index in [2.05, 4.69) is 37.1 Å². The molecule has 1 aliphatic carbocycles. The van der Waals surface area contributed by atoms with Crippen LogP contribution in [-0.2, 0) is 6.54 Å². The van der Waals surface area contributed by atoms with Crippen LogP contribution in [-0.4, -0.2) is 13.6 Å². The third kappa shape index (κ3) is 3.01. The summed E-state index contributed by atoms with van der Waals surface area (Å²) in [6.45, 7) is 3.98. The first-order chi connectivity index (χ1) is 8.20. The van der Waals surface area contributed by atoms with Crippen LogP contribution >= 0.6 is 0 Å². The van der Waals surface area contributed by atoms with Crippen LogP contribution in [0.2, 0.25) is 0 Å². The first-order valence-corrected chi connectivity index (χ1v) is 6.71. The van der Waals surface area contributed by atoms with Gasteiger partial charge in [0.15, 0.2) is 0 Å². The van der Waals surface area contributed by atoms with Crippen LogP contribution in [0.1, 0.15) is 36.8 Å². The van der Waals surface area contributed by atoms with Crippen molar-refractivity contribution in [2.45, 2.75) is 39.2 Å². The van der Waals surface area contributed by atoms with E-state index in [9.17, 15) is 0 Å². The Kier molecular flexibility index (Phi) is 4.06. The summed E-state index contributed by atoms with van der Waals surface area (Å²) < 4.78 is 0. The van der Waals surface area contributed by atoms with Gasteiger partial charge in [-0.2, -0.15) is 0 Å². The minimum Gasteiger partial charge on any atom is -0.374 e. The van der Waals surface area contributed by atoms with E-state index in [-0.39, 0.29) is 0 Å². The first kappa shape index (κ1) is 12.4. The molecule has 0 radical (unpaired) electrons. The molecule has 1 saturated carbocycles. The van der Waals surface area contributed by atoms with Gasteiger partial charge in [-0.05, 0) is 48.9 Å². The highest BCUT2D eigenvalue weighted by Crippen LogP contribution is 2.27. The number of aryl methyl sites for hydroxylation is 1. The van der Waals surface area contributed by atoms with Gasteiger partial charge in [-0.25, -0.2) is 0 Å². The third-order valence-corrected chi connectivity index (χ3v) is 3.99. The number of nitrogens with zero attached hydrogens (tertiary/aromatic N) is 1. The molecule has 2 heteroatoms. The lowest BCUT2D eigenvalue weighted by molar-refractivity contribution is 0.547. The maximum Gasteiger partial charge on any atom is 0.0366 e. The van der Waals surface area contributed by atoms with Gasteiger partial charge in [0, 0.05) is 25.8 Å². The van der Waals surface area contributed by atoms with Crippen molar-refractivity contribution in [1.82, 2.24) is 0 Å². The van der Waals surface area contributed by atoms with E-state index in [0.717, 1.165) is 5.92 Å². The lowest BCUT2D eigenvalue weighted by atomic mass is 10.1. The molecule has 2 nitrogen and oxygen atoms in total. The van der Waals surface area contributed by atoms with Gasteiger partial charge in [0.05, 0.1) is 0 Å². The molecule has 1 aromatic rings. The van der Waals surface area contributed by atoms with Crippen LogP contribution in [0.15, 0.2) is 18.2 Å². The second kappa shape index (κ2) is 5.54. The zero-order chi connectivity index (χ0) is 12.3. The molecule has 0 aromatic heterocycles. The van der Waals surface area contributed by atoms with Gasteiger partial charge in [-0.3, -0.25) is 0 Å². The number of nitrogens with two attached hydrogens (primary N) is 1. The van der Waals surface area contributed by atoms with Crippen molar-refractivity contribution in [3.05, 3.63) is 29.3 Å². The van der Waals surface area contributed by atoms with Crippen LogP contribution < -0.4 is 10.6 Å². The highest BCUT2D eigenvalue weighted by atomic mass is 15.1. The number of benzene rings is 1. The van der Waals surface area contributed by atoms with Crippen molar-refractivity contribution in [2.24, 2.45) is 11.7 Å². The van der Waals surface area contributed by atoms with Crippen LogP contribution in [0.4, 0.5) is 5.69 Å². The van der Waals surface area contributed by atoms with Gasteiger partial charge in [0.2, 0.25) is 0 Å². The van der Waals surface area contributed by atoms with Gasteiger partial charge >= 0.3 is 0 Å². The molecule has 0 atom stereocenters. The Morgan fingerprint density at radius 2 is 2.00 bits per heavy atom. The van der Waals surface area contributed by atoms with Crippen molar-refractivity contribution >= 4 is 5.69 Å². The second-order valence-corrected chi connectivity index (χ2v) is 5.35. The van der Waals surface area contributed by atoms with Gasteiger partial charge in [0.25, 0.3) is 0 Å². The molecule has 0 unspecified atom stereocenters. The van der Waals surface area contributed by atoms with Gasteiger partial charge in [0.1, 0.15) is 0 Å². The monoisotopic (exact) mass is 232 g/mol. The van der Waals surface area contributed by atoms with Gasteiger partial charge < -0.3 is 10.6 Å². The Balaban J connectivity index is 2.02. The third-order valence-electron chi connectivity index (χ3n) is 3.99. The summed E-state index contributed by atoms with van der Waals surface area (Å²) >= 11 is 0. The standard InChI is InChI=1S/C15H24N2/c1-12-9-15(8-7-14(12)10-16)17(2)11-13-5-3-4-6-13/h7-9,13H,3-6,10-11,16H2,1-2H3. The van der Waals surface area contributed by atoms with E-state index in [4.69, 9.17) is 5.73 Å². The fourth-order valence-electron chi connectivity index (χ4n) is 2.83. The Morgan fingerprint density at radius 3 is 2.59 bits per heavy atom. The van der Waals surface area contributed by atoms with Gasteiger partial charge in [-0.15, -0.1) is 0 Å². The van der Waals surface area contributed by atoms with E-state index >= 15 is 0 Å². The summed E-state index contributed by atoms with van der Waals surface area (Å²) in [7, 11) is 2.20. The molecule has 17 heavy (non-hydrogen) atoms.